The van der Waals surface area contributed by atoms with Crippen LogP contribution in [0.5, 0.6) is 0 Å². The van der Waals surface area contributed by atoms with Crippen LogP contribution in [0.2, 0.25) is 0 Å². The van der Waals surface area contributed by atoms with Gasteiger partial charge in [0.05, 0.1) is 0 Å². The van der Waals surface area contributed by atoms with Crippen molar-refractivity contribution in [3.8, 4) is 0 Å². The van der Waals surface area contributed by atoms with Crippen molar-refractivity contribution < 1.29 is 4.39 Å². The van der Waals surface area contributed by atoms with Crippen LogP contribution in [0.1, 0.15) is 0 Å². The van der Waals surface area contributed by atoms with E-state index in [0.717, 1.165) is 0 Å². The summed E-state index contributed by atoms with van der Waals surface area (Å²) in [6.45, 7) is 0. The fourth-order valence-corrected chi connectivity index (χ4v) is 0. The summed E-state index contributed by atoms with van der Waals surface area (Å²) in [5.41, 5.74) is 0. The molecule has 0 unspecified atom stereocenters. The Kier molecular flexibility index (Phi) is 2.69. The lowest BCUT2D eigenvalue weighted by atomic mass is 10.2. The van der Waals surface area contributed by atoms with E-state index in [-0.39, 0.29) is 0 Å². The molecule has 0 spiro atoms. The van der Waals surface area contributed by atoms with Crippen LogP contribution in [-0.4, -0.2) is 29.5 Å². The van der Waals surface area contributed by atoms with Crippen molar-refractivity contribution in [3.05, 3.63) is 0 Å². The highest BCUT2D eigenvalue weighted by Crippen LogP contribution is 2.28. The number of nitrogens with zero attached hydrogens (tertiary/aromatic N) is 1. The van der Waals surface area contributed by atoms with Crippen molar-refractivity contribution in [2.24, 2.45) is 0 Å². The largest absolute Gasteiger partial charge is 0.486 e. The van der Waals surface area contributed by atoms with Gasteiger partial charge in [-0.05, 0) is 0 Å². The molecule has 0 amide bonds. The van der Waals surface area contributed by atoms with E-state index in [0.29, 0.717) is 4.39 Å². The Balaban J connectivity index is 4.02. The first-order chi connectivity index (χ1) is 3.25. The fourth-order valence-electron chi connectivity index (χ4n) is 0. The fraction of sp³-hybridized carbons (Fsp3) is 1.00. The zero-order valence-corrected chi connectivity index (χ0v) is 8.26. The van der Waals surface area contributed by atoms with Crippen molar-refractivity contribution in [3.63, 3.8) is 0 Å². The number of hydrogen-bond acceptors (Lipinski definition) is 0. The summed E-state index contributed by atoms with van der Waals surface area (Å²) >= 11 is 14.6. The molecule has 0 fully saturated rings. The molecule has 1 nitrogen and oxygen atoms in total. The van der Waals surface area contributed by atoms with E-state index in [1.54, 1.807) is 0 Å². The first-order valence-corrected chi connectivity index (χ1v) is 4.04. The molecule has 0 atom stereocenters. The van der Waals surface area contributed by atoms with E-state index >= 15 is 0 Å². The Bertz CT molecular complexity index is 72.3. The Morgan fingerprint density at radius 3 is 1.38 bits per heavy atom. The highest BCUT2D eigenvalue weighted by Gasteiger charge is 2.30. The molecule has 0 aliphatic heterocycles. The quantitative estimate of drug-likeness (QED) is 0.593. The van der Waals surface area contributed by atoms with Gasteiger partial charge in [-0.15, -0.1) is 0 Å². The Morgan fingerprint density at radius 1 is 1.25 bits per heavy atom. The van der Waals surface area contributed by atoms with Crippen LogP contribution in [0.3, 0.4) is 0 Å². The molecule has 0 heterocycles. The minimum atomic E-state index is -1.45. The maximum absolute atomic E-state index is 5.73. The molecule has 50 valence electrons. The third-order valence-corrected chi connectivity index (χ3v) is 3.28. The second kappa shape index (κ2) is 2.37. The van der Waals surface area contributed by atoms with E-state index < -0.39 is 3.94 Å². The molecule has 0 radical (unpaired) electrons. The predicted molar refractivity (Wildman–Crippen MR) is 44.4 cm³/mol. The van der Waals surface area contributed by atoms with E-state index in [9.17, 15) is 0 Å². The lowest BCUT2D eigenvalue weighted by Crippen LogP contribution is -2.49. The molecule has 0 aliphatic carbocycles. The first-order valence-electron chi connectivity index (χ1n) is 2.25. The average molecular weight is 221 g/mol. The van der Waals surface area contributed by atoms with Gasteiger partial charge in [0.15, 0.2) is 0 Å². The van der Waals surface area contributed by atoms with Gasteiger partial charge in [-0.1, -0.05) is 0 Å². The summed E-state index contributed by atoms with van der Waals surface area (Å²) < 4.78 is -0.921. The Hall–Kier alpha value is 1.08. The maximum Gasteiger partial charge on any atom is 0.437 e. The lowest BCUT2D eigenvalue weighted by molar-refractivity contribution is -0.757. The molecule has 0 rings (SSSR count). The van der Waals surface area contributed by atoms with Gasteiger partial charge < -0.3 is 4.39 Å². The van der Waals surface area contributed by atoms with E-state index in [1.807, 2.05) is 21.1 Å². The predicted octanol–water partition coefficient (Wildman–Crippen LogP) is 2.00. The molecule has 0 N–H and O–H groups in total. The van der Waals surface area contributed by atoms with Crippen LogP contribution in [0.4, 0.5) is 0 Å². The van der Waals surface area contributed by atoms with Gasteiger partial charge in [0.25, 0.3) is 0 Å². The molecule has 0 aromatic rings. The molecule has 5 heteroatoms. The molecule has 0 aliphatic rings. The zero-order chi connectivity index (χ0) is 7.00. The van der Waals surface area contributed by atoms with Gasteiger partial charge in [0.2, 0.25) is 0 Å². The highest BCUT2D eigenvalue weighted by molar-refractivity contribution is 9.28. The van der Waals surface area contributed by atoms with Crippen LogP contribution < -0.4 is 0 Å². The van der Waals surface area contributed by atoms with Crippen molar-refractivity contribution >= 4 is 42.6 Å². The van der Waals surface area contributed by atoms with Crippen molar-refractivity contribution in [1.29, 1.82) is 0 Å². The third-order valence-electron chi connectivity index (χ3n) is 0.878. The van der Waals surface area contributed by atoms with Gasteiger partial charge in [0, 0.05) is 21.1 Å². The van der Waals surface area contributed by atoms with Crippen molar-refractivity contribution in [2.75, 3.05) is 21.1 Å². The highest BCUT2D eigenvalue weighted by atomic mass is 79.9. The normalized spacial score (nSPS) is 14.2. The summed E-state index contributed by atoms with van der Waals surface area (Å²) in [6.07, 6.45) is 0. The molecule has 0 aromatic heterocycles. The monoisotopic (exact) mass is 219 g/mol. The first kappa shape index (κ1) is 9.08. The molecular weight excluding hydrogens is 212 g/mol. The van der Waals surface area contributed by atoms with Crippen LogP contribution >= 0.6 is 38.7 Å². The summed E-state index contributed by atoms with van der Waals surface area (Å²) in [4.78, 5) is 0. The topological polar surface area (TPSA) is 0 Å². The van der Waals surface area contributed by atoms with Crippen LogP contribution in [0, 0.1) is 0 Å². The van der Waals surface area contributed by atoms with Gasteiger partial charge in [0.1, 0.15) is 0 Å². The molecule has 8 heavy (non-hydrogen) atoms. The minimum absolute atomic E-state index is 0.531. The number of hydrogen-bond donors (Lipinski definition) is 0. The average Bonchev–Trinajstić information content (AvgIpc) is 1.25. The Labute approximate surface area is 68.3 Å². The molecule has 0 saturated carbocycles. The minimum Gasteiger partial charge on any atom is -0.486 e. The molecule has 0 saturated heterocycles. The zero-order valence-electron chi connectivity index (χ0n) is 5.16. The van der Waals surface area contributed by atoms with E-state index in [1.165, 1.54) is 0 Å². The van der Waals surface area contributed by atoms with E-state index in [4.69, 9.17) is 22.9 Å². The maximum atomic E-state index is 5.73. The Morgan fingerprint density at radius 2 is 1.38 bits per heavy atom. The van der Waals surface area contributed by atoms with Gasteiger partial charge in [-0.2, -0.15) is 0 Å². The summed E-state index contributed by atoms with van der Waals surface area (Å²) in [5.74, 6) is 0. The van der Waals surface area contributed by atoms with Crippen LogP contribution in [0.25, 0.3) is 0 Å². The summed E-state index contributed by atoms with van der Waals surface area (Å²) in [7, 11) is 5.78. The SMILES string of the molecule is C[N+](C)(C)[B-](Cl)(Cl)Br. The summed E-state index contributed by atoms with van der Waals surface area (Å²) in [6, 6.07) is 0. The third kappa shape index (κ3) is 2.58. The molecular formula is C3H9BBrCl2N. The van der Waals surface area contributed by atoms with Crippen molar-refractivity contribution in [1.82, 2.24) is 0 Å². The van der Waals surface area contributed by atoms with E-state index in [2.05, 4.69) is 15.8 Å². The lowest BCUT2D eigenvalue weighted by Gasteiger charge is -2.41. The van der Waals surface area contributed by atoms with Crippen LogP contribution in [-0.2, 0) is 0 Å². The second-order valence-electron chi connectivity index (χ2n) is 2.66. The molecule has 0 bridgehead atoms. The number of halogens is 3. The van der Waals surface area contributed by atoms with Crippen molar-refractivity contribution in [2.45, 2.75) is 0 Å². The number of quaternary nitrogens is 1. The van der Waals surface area contributed by atoms with Crippen LogP contribution in [0.15, 0.2) is 0 Å². The van der Waals surface area contributed by atoms with Gasteiger partial charge in [-0.25, -0.2) is 15.8 Å². The standard InChI is InChI=1S/C3H9BBrCl2N/c1-8(2,3)4(5,6)7/h1-3H3. The number of rotatable bonds is 1. The van der Waals surface area contributed by atoms with Gasteiger partial charge >= 0.3 is 3.94 Å². The summed E-state index contributed by atoms with van der Waals surface area (Å²) in [5, 5.41) is 0. The second-order valence-corrected chi connectivity index (χ2v) is 6.52. The molecule has 0 aromatic carbocycles. The smallest absolute Gasteiger partial charge is 0.437 e. The van der Waals surface area contributed by atoms with Gasteiger partial charge in [-0.3, -0.25) is 22.9 Å².